The van der Waals surface area contributed by atoms with Crippen LogP contribution in [0.3, 0.4) is 0 Å². The molecule has 0 atom stereocenters. The minimum Gasteiger partial charge on any atom is -0.462 e. The maximum absolute atomic E-state index is 12.1. The van der Waals surface area contributed by atoms with Gasteiger partial charge in [0.15, 0.2) is 0 Å². The van der Waals surface area contributed by atoms with Crippen LogP contribution in [0.1, 0.15) is 36.5 Å². The summed E-state index contributed by atoms with van der Waals surface area (Å²) >= 11 is 0. The van der Waals surface area contributed by atoms with Crippen LogP contribution in [0.2, 0.25) is 0 Å². The fraction of sp³-hybridized carbons (Fsp3) is 0.467. The standard InChI is InChI=1S/C15H17NO3/c1-2-19-13(17)11-4-6-12(7-5-11)16-10-15(14(16)18)8-3-9-15/h4-7H,2-3,8-10H2,1H3. The molecule has 2 aliphatic rings. The first kappa shape index (κ1) is 12.2. The predicted octanol–water partition coefficient (Wildman–Crippen LogP) is 2.38. The summed E-state index contributed by atoms with van der Waals surface area (Å²) in [5.74, 6) is -0.0814. The maximum atomic E-state index is 12.1. The molecule has 3 rings (SSSR count). The molecule has 4 nitrogen and oxygen atoms in total. The first-order valence-electron chi connectivity index (χ1n) is 6.75. The van der Waals surface area contributed by atoms with Gasteiger partial charge in [-0.2, -0.15) is 0 Å². The van der Waals surface area contributed by atoms with Crippen LogP contribution in [0.25, 0.3) is 0 Å². The molecule has 1 aliphatic carbocycles. The molecule has 1 amide bonds. The van der Waals surface area contributed by atoms with Crippen molar-refractivity contribution in [2.24, 2.45) is 5.41 Å². The van der Waals surface area contributed by atoms with Crippen molar-refractivity contribution in [1.82, 2.24) is 0 Å². The highest BCUT2D eigenvalue weighted by atomic mass is 16.5. The fourth-order valence-corrected chi connectivity index (χ4v) is 2.81. The molecular weight excluding hydrogens is 242 g/mol. The van der Waals surface area contributed by atoms with E-state index in [1.165, 1.54) is 6.42 Å². The molecule has 4 heteroatoms. The lowest BCUT2D eigenvalue weighted by Crippen LogP contribution is -2.64. The number of hydrogen-bond donors (Lipinski definition) is 0. The molecule has 1 saturated heterocycles. The lowest BCUT2D eigenvalue weighted by molar-refractivity contribution is -0.141. The van der Waals surface area contributed by atoms with E-state index in [1.54, 1.807) is 24.0 Å². The van der Waals surface area contributed by atoms with Gasteiger partial charge in [0.1, 0.15) is 0 Å². The van der Waals surface area contributed by atoms with Gasteiger partial charge >= 0.3 is 5.97 Å². The largest absolute Gasteiger partial charge is 0.462 e. The molecule has 1 aromatic rings. The first-order valence-corrected chi connectivity index (χ1v) is 6.75. The van der Waals surface area contributed by atoms with Crippen LogP contribution in [0.5, 0.6) is 0 Å². The molecule has 0 unspecified atom stereocenters. The van der Waals surface area contributed by atoms with Crippen LogP contribution in [-0.2, 0) is 9.53 Å². The lowest BCUT2D eigenvalue weighted by atomic mass is 9.62. The summed E-state index contributed by atoms with van der Waals surface area (Å²) in [4.78, 5) is 25.5. The van der Waals surface area contributed by atoms with Gasteiger partial charge in [0.2, 0.25) is 5.91 Å². The van der Waals surface area contributed by atoms with Crippen molar-refractivity contribution < 1.29 is 14.3 Å². The SMILES string of the molecule is CCOC(=O)c1ccc(N2CC3(CCC3)C2=O)cc1. The number of anilines is 1. The van der Waals surface area contributed by atoms with Crippen molar-refractivity contribution in [3.05, 3.63) is 29.8 Å². The molecule has 1 aromatic carbocycles. The first-order chi connectivity index (χ1) is 9.16. The zero-order valence-corrected chi connectivity index (χ0v) is 11.0. The van der Waals surface area contributed by atoms with E-state index in [4.69, 9.17) is 4.74 Å². The highest BCUT2D eigenvalue weighted by molar-refractivity contribution is 6.05. The number of amides is 1. The summed E-state index contributed by atoms with van der Waals surface area (Å²) in [5, 5.41) is 0. The molecule has 0 aromatic heterocycles. The zero-order chi connectivity index (χ0) is 13.5. The second kappa shape index (κ2) is 4.37. The van der Waals surface area contributed by atoms with Crippen LogP contribution < -0.4 is 4.90 Å². The van der Waals surface area contributed by atoms with Gasteiger partial charge in [-0.25, -0.2) is 4.79 Å². The summed E-state index contributed by atoms with van der Waals surface area (Å²) < 4.78 is 4.93. The third-order valence-corrected chi connectivity index (χ3v) is 4.16. The van der Waals surface area contributed by atoms with Crippen molar-refractivity contribution in [3.63, 3.8) is 0 Å². The topological polar surface area (TPSA) is 46.6 Å². The molecule has 0 radical (unpaired) electrons. The maximum Gasteiger partial charge on any atom is 0.338 e. The normalized spacial score (nSPS) is 19.8. The van der Waals surface area contributed by atoms with Gasteiger partial charge < -0.3 is 9.64 Å². The molecule has 0 N–H and O–H groups in total. The Morgan fingerprint density at radius 2 is 2.00 bits per heavy atom. The van der Waals surface area contributed by atoms with Gasteiger partial charge in [-0.1, -0.05) is 6.42 Å². The molecule has 1 spiro atoms. The van der Waals surface area contributed by atoms with E-state index in [9.17, 15) is 9.59 Å². The average molecular weight is 259 g/mol. The third kappa shape index (κ3) is 1.82. The summed E-state index contributed by atoms with van der Waals surface area (Å²) in [7, 11) is 0. The Hall–Kier alpha value is -1.84. The summed E-state index contributed by atoms with van der Waals surface area (Å²) in [6, 6.07) is 7.06. The van der Waals surface area contributed by atoms with Crippen LogP contribution in [0.4, 0.5) is 5.69 Å². The van der Waals surface area contributed by atoms with E-state index >= 15 is 0 Å². The highest BCUT2D eigenvalue weighted by Crippen LogP contribution is 2.50. The quantitative estimate of drug-likeness (QED) is 0.618. The summed E-state index contributed by atoms with van der Waals surface area (Å²) in [6.45, 7) is 2.97. The zero-order valence-electron chi connectivity index (χ0n) is 11.0. The molecule has 0 bridgehead atoms. The molecule has 1 heterocycles. The summed E-state index contributed by atoms with van der Waals surface area (Å²) in [6.07, 6.45) is 3.23. The van der Waals surface area contributed by atoms with E-state index < -0.39 is 0 Å². The number of β-lactam (4-membered cyclic amide) rings is 1. The Labute approximate surface area is 112 Å². The lowest BCUT2D eigenvalue weighted by Gasteiger charge is -2.54. The van der Waals surface area contributed by atoms with Gasteiger partial charge in [0, 0.05) is 12.2 Å². The Bertz CT molecular complexity index is 517. The van der Waals surface area contributed by atoms with Crippen molar-refractivity contribution in [2.75, 3.05) is 18.1 Å². The predicted molar refractivity (Wildman–Crippen MR) is 71.0 cm³/mol. The van der Waals surface area contributed by atoms with Gasteiger partial charge in [0.05, 0.1) is 17.6 Å². The van der Waals surface area contributed by atoms with Gasteiger partial charge in [0.25, 0.3) is 0 Å². The van der Waals surface area contributed by atoms with E-state index in [0.717, 1.165) is 25.1 Å². The number of rotatable bonds is 3. The van der Waals surface area contributed by atoms with Crippen molar-refractivity contribution in [3.8, 4) is 0 Å². The van der Waals surface area contributed by atoms with Gasteiger partial charge in [-0.15, -0.1) is 0 Å². The Morgan fingerprint density at radius 3 is 2.47 bits per heavy atom. The smallest absolute Gasteiger partial charge is 0.338 e. The van der Waals surface area contributed by atoms with Gasteiger partial charge in [-0.3, -0.25) is 4.79 Å². The van der Waals surface area contributed by atoms with Crippen molar-refractivity contribution in [2.45, 2.75) is 26.2 Å². The Kier molecular flexibility index (Phi) is 2.81. The highest BCUT2D eigenvalue weighted by Gasteiger charge is 2.55. The molecular formula is C15H17NO3. The van der Waals surface area contributed by atoms with E-state index in [-0.39, 0.29) is 17.3 Å². The number of carbonyl (C=O) groups is 2. The minimum atomic E-state index is -0.320. The fourth-order valence-electron chi connectivity index (χ4n) is 2.81. The number of benzene rings is 1. The van der Waals surface area contributed by atoms with Crippen molar-refractivity contribution in [1.29, 1.82) is 0 Å². The Morgan fingerprint density at radius 1 is 1.32 bits per heavy atom. The second-order valence-corrected chi connectivity index (χ2v) is 5.29. The average Bonchev–Trinajstić information content (AvgIpc) is 2.36. The third-order valence-electron chi connectivity index (χ3n) is 4.16. The number of esters is 1. The Balaban J connectivity index is 1.70. The number of ether oxygens (including phenoxy) is 1. The molecule has 1 aliphatic heterocycles. The summed E-state index contributed by atoms with van der Waals surface area (Å²) in [5.41, 5.74) is 1.35. The minimum absolute atomic E-state index is 0.0419. The van der Waals surface area contributed by atoms with Crippen LogP contribution in [0.15, 0.2) is 24.3 Å². The van der Waals surface area contributed by atoms with Crippen LogP contribution in [0, 0.1) is 5.41 Å². The van der Waals surface area contributed by atoms with Gasteiger partial charge in [-0.05, 0) is 44.0 Å². The van der Waals surface area contributed by atoms with Crippen LogP contribution >= 0.6 is 0 Å². The second-order valence-electron chi connectivity index (χ2n) is 5.29. The molecule has 19 heavy (non-hydrogen) atoms. The van der Waals surface area contributed by atoms with Crippen LogP contribution in [-0.4, -0.2) is 25.0 Å². The molecule has 2 fully saturated rings. The number of nitrogens with zero attached hydrogens (tertiary/aromatic N) is 1. The molecule has 1 saturated carbocycles. The van der Waals surface area contributed by atoms with E-state index in [2.05, 4.69) is 0 Å². The van der Waals surface area contributed by atoms with E-state index in [0.29, 0.717) is 12.2 Å². The van der Waals surface area contributed by atoms with E-state index in [1.807, 2.05) is 12.1 Å². The molecule has 100 valence electrons. The monoisotopic (exact) mass is 259 g/mol. The van der Waals surface area contributed by atoms with Crippen molar-refractivity contribution >= 4 is 17.6 Å². The number of hydrogen-bond acceptors (Lipinski definition) is 3. The number of carbonyl (C=O) groups excluding carboxylic acids is 2.